The van der Waals surface area contributed by atoms with Gasteiger partial charge < -0.3 is 25.3 Å². The fourth-order valence-corrected chi connectivity index (χ4v) is 2.48. The first-order valence-electron chi connectivity index (χ1n) is 6.26. The first kappa shape index (κ1) is 13.1. The first-order chi connectivity index (χ1) is 8.59. The number of urea groups is 1. The van der Waals surface area contributed by atoms with Crippen molar-refractivity contribution in [1.29, 1.82) is 0 Å². The molecule has 18 heavy (non-hydrogen) atoms. The summed E-state index contributed by atoms with van der Waals surface area (Å²) < 4.78 is 0. The van der Waals surface area contributed by atoms with Gasteiger partial charge in [-0.2, -0.15) is 0 Å². The average Bonchev–Trinajstić information content (AvgIpc) is 2.56. The van der Waals surface area contributed by atoms with Crippen molar-refractivity contribution in [1.82, 2.24) is 15.1 Å². The molecule has 0 aromatic carbocycles. The zero-order valence-corrected chi connectivity index (χ0v) is 10.2. The number of carbonyl (C=O) groups is 2. The normalized spacial score (nSPS) is 29.2. The summed E-state index contributed by atoms with van der Waals surface area (Å²) in [5, 5.41) is 21.8. The molecular weight excluding hydrogens is 238 g/mol. The number of β-amino-alcohol motifs (C(OH)–C–C–N with tert-alkyl or cyclic N) is 1. The van der Waals surface area contributed by atoms with Crippen LogP contribution in [0.4, 0.5) is 4.79 Å². The maximum atomic E-state index is 12.3. The van der Waals surface area contributed by atoms with Gasteiger partial charge in [-0.15, -0.1) is 0 Å². The molecule has 0 aliphatic carbocycles. The number of carboxylic acids is 1. The Bertz CT molecular complexity index is 328. The van der Waals surface area contributed by atoms with Crippen LogP contribution in [-0.4, -0.2) is 76.9 Å². The number of nitrogens with one attached hydrogen (secondary N) is 1. The van der Waals surface area contributed by atoms with E-state index in [4.69, 9.17) is 5.11 Å². The highest BCUT2D eigenvalue weighted by atomic mass is 16.4. The number of nitrogens with zero attached hydrogens (tertiary/aromatic N) is 2. The highest BCUT2D eigenvalue weighted by Gasteiger charge is 2.40. The summed E-state index contributed by atoms with van der Waals surface area (Å²) in [4.78, 5) is 26.3. The van der Waals surface area contributed by atoms with Crippen molar-refractivity contribution in [2.45, 2.75) is 25.0 Å². The molecule has 2 heterocycles. The fraction of sp³-hybridized carbons (Fsp3) is 0.818. The lowest BCUT2D eigenvalue weighted by Gasteiger charge is -2.29. The van der Waals surface area contributed by atoms with Gasteiger partial charge in [0.25, 0.3) is 0 Å². The van der Waals surface area contributed by atoms with Crippen molar-refractivity contribution < 1.29 is 19.8 Å². The Morgan fingerprint density at radius 2 is 2.00 bits per heavy atom. The Hall–Kier alpha value is -1.34. The Kier molecular flexibility index (Phi) is 4.03. The number of hydrogen-bond donors (Lipinski definition) is 3. The van der Waals surface area contributed by atoms with Crippen LogP contribution >= 0.6 is 0 Å². The van der Waals surface area contributed by atoms with E-state index in [-0.39, 0.29) is 19.0 Å². The van der Waals surface area contributed by atoms with Gasteiger partial charge >= 0.3 is 12.0 Å². The van der Waals surface area contributed by atoms with E-state index < -0.39 is 18.1 Å². The van der Waals surface area contributed by atoms with Crippen LogP contribution in [0.5, 0.6) is 0 Å². The lowest BCUT2D eigenvalue weighted by Crippen LogP contribution is -2.49. The van der Waals surface area contributed by atoms with E-state index in [0.717, 1.165) is 19.5 Å². The molecule has 0 saturated carbocycles. The quantitative estimate of drug-likeness (QED) is 0.556. The van der Waals surface area contributed by atoms with Gasteiger partial charge in [-0.3, -0.25) is 0 Å². The van der Waals surface area contributed by atoms with E-state index in [9.17, 15) is 14.7 Å². The minimum atomic E-state index is -1.05. The van der Waals surface area contributed by atoms with Gasteiger partial charge in [-0.25, -0.2) is 9.59 Å². The molecule has 0 radical (unpaired) electrons. The number of aliphatic carboxylic acids is 1. The van der Waals surface area contributed by atoms with Crippen LogP contribution < -0.4 is 5.32 Å². The Morgan fingerprint density at radius 1 is 1.22 bits per heavy atom. The number of likely N-dealkylation sites (tertiary alicyclic amines) is 1. The number of aliphatic hydroxyl groups excluding tert-OH is 1. The second kappa shape index (κ2) is 5.53. The van der Waals surface area contributed by atoms with E-state index in [1.807, 2.05) is 0 Å². The van der Waals surface area contributed by atoms with Crippen LogP contribution in [0, 0.1) is 0 Å². The van der Waals surface area contributed by atoms with E-state index in [2.05, 4.69) is 5.32 Å². The summed E-state index contributed by atoms with van der Waals surface area (Å²) in [7, 11) is 0. The second-order valence-electron chi connectivity index (χ2n) is 4.77. The summed E-state index contributed by atoms with van der Waals surface area (Å²) in [6, 6.07) is -1.17. The number of aliphatic hydroxyl groups is 1. The molecule has 2 aliphatic rings. The molecule has 7 nitrogen and oxygen atoms in total. The largest absolute Gasteiger partial charge is 0.480 e. The third-order valence-electron chi connectivity index (χ3n) is 3.42. The zero-order chi connectivity index (χ0) is 13.1. The van der Waals surface area contributed by atoms with Crippen LogP contribution in [0.2, 0.25) is 0 Å². The maximum Gasteiger partial charge on any atom is 0.326 e. The lowest BCUT2D eigenvalue weighted by atomic mass is 10.2. The summed E-state index contributed by atoms with van der Waals surface area (Å²) in [6.07, 6.45) is 0.243. The van der Waals surface area contributed by atoms with Crippen molar-refractivity contribution in [3.05, 3.63) is 0 Å². The first-order valence-corrected chi connectivity index (χ1v) is 6.26. The standard InChI is InChI=1S/C11H19N3O4/c15-8-6-9(10(16)17)14(7-8)11(18)13-4-1-2-12-3-5-13/h8-9,12,15H,1-7H2,(H,16,17)/t8-,9-/m0/s1. The van der Waals surface area contributed by atoms with Crippen molar-refractivity contribution in [2.75, 3.05) is 32.7 Å². The van der Waals surface area contributed by atoms with Gasteiger partial charge in [-0.05, 0) is 13.0 Å². The molecule has 2 aliphatic heterocycles. The smallest absolute Gasteiger partial charge is 0.326 e. The molecule has 2 saturated heterocycles. The van der Waals surface area contributed by atoms with Crippen LogP contribution in [0.1, 0.15) is 12.8 Å². The summed E-state index contributed by atoms with van der Waals surface area (Å²) in [5.74, 6) is -1.05. The summed E-state index contributed by atoms with van der Waals surface area (Å²) in [5.41, 5.74) is 0. The van der Waals surface area contributed by atoms with Crippen LogP contribution in [0.15, 0.2) is 0 Å². The molecule has 2 atom stereocenters. The minimum absolute atomic E-state index is 0.111. The average molecular weight is 257 g/mol. The van der Waals surface area contributed by atoms with Crippen molar-refractivity contribution in [2.24, 2.45) is 0 Å². The lowest BCUT2D eigenvalue weighted by molar-refractivity contribution is -0.141. The zero-order valence-electron chi connectivity index (χ0n) is 10.2. The number of rotatable bonds is 1. The Balaban J connectivity index is 2.04. The van der Waals surface area contributed by atoms with Crippen LogP contribution in [0.3, 0.4) is 0 Å². The predicted octanol–water partition coefficient (Wildman–Crippen LogP) is -1.08. The molecule has 0 unspecified atom stereocenters. The Labute approximate surface area is 105 Å². The minimum Gasteiger partial charge on any atom is -0.480 e. The van der Waals surface area contributed by atoms with Gasteiger partial charge in [0, 0.05) is 32.6 Å². The molecule has 3 N–H and O–H groups in total. The molecule has 2 rings (SSSR count). The Morgan fingerprint density at radius 3 is 2.72 bits per heavy atom. The number of hydrogen-bond acceptors (Lipinski definition) is 4. The molecule has 2 fully saturated rings. The monoisotopic (exact) mass is 257 g/mol. The maximum absolute atomic E-state index is 12.3. The van der Waals surface area contributed by atoms with Gasteiger partial charge in [0.05, 0.1) is 6.10 Å². The summed E-state index contributed by atoms with van der Waals surface area (Å²) >= 11 is 0. The van der Waals surface area contributed by atoms with E-state index in [1.54, 1.807) is 4.90 Å². The van der Waals surface area contributed by atoms with Crippen molar-refractivity contribution >= 4 is 12.0 Å². The van der Waals surface area contributed by atoms with E-state index >= 15 is 0 Å². The molecule has 0 bridgehead atoms. The van der Waals surface area contributed by atoms with Crippen molar-refractivity contribution in [3.8, 4) is 0 Å². The van der Waals surface area contributed by atoms with Gasteiger partial charge in [0.1, 0.15) is 6.04 Å². The topological polar surface area (TPSA) is 93.1 Å². The van der Waals surface area contributed by atoms with Crippen molar-refractivity contribution in [3.63, 3.8) is 0 Å². The molecular formula is C11H19N3O4. The number of amides is 2. The molecule has 2 amide bonds. The van der Waals surface area contributed by atoms with Gasteiger partial charge in [0.15, 0.2) is 0 Å². The molecule has 0 aromatic rings. The predicted molar refractivity (Wildman–Crippen MR) is 63.2 cm³/mol. The van der Waals surface area contributed by atoms with Gasteiger partial charge in [-0.1, -0.05) is 0 Å². The highest BCUT2D eigenvalue weighted by molar-refractivity contribution is 5.83. The molecule has 7 heteroatoms. The number of carbonyl (C=O) groups excluding carboxylic acids is 1. The third kappa shape index (κ3) is 2.73. The van der Waals surface area contributed by atoms with Crippen LogP contribution in [-0.2, 0) is 4.79 Å². The molecule has 0 spiro atoms. The molecule has 0 aromatic heterocycles. The third-order valence-corrected chi connectivity index (χ3v) is 3.42. The number of carboxylic acid groups (broad SMARTS) is 1. The second-order valence-corrected chi connectivity index (χ2v) is 4.77. The summed E-state index contributed by atoms with van der Waals surface area (Å²) in [6.45, 7) is 2.91. The van der Waals surface area contributed by atoms with E-state index in [1.165, 1.54) is 4.90 Å². The van der Waals surface area contributed by atoms with Gasteiger partial charge in [0.2, 0.25) is 0 Å². The fourth-order valence-electron chi connectivity index (χ4n) is 2.48. The molecule has 102 valence electrons. The SMILES string of the molecule is O=C(O)[C@@H]1C[C@H](O)CN1C(=O)N1CCCNCC1. The highest BCUT2D eigenvalue weighted by Crippen LogP contribution is 2.20. The van der Waals surface area contributed by atoms with Crippen LogP contribution in [0.25, 0.3) is 0 Å². The van der Waals surface area contributed by atoms with E-state index in [0.29, 0.717) is 13.1 Å².